The van der Waals surface area contributed by atoms with Crippen LogP contribution in [-0.2, 0) is 49.2 Å². The monoisotopic (exact) mass is 736 g/mol. The van der Waals surface area contributed by atoms with Crippen molar-refractivity contribution in [3.05, 3.63) is 70.1 Å². The number of hydrogen-bond donors (Lipinski definition) is 2. The highest BCUT2D eigenvalue weighted by Crippen LogP contribution is 2.40. The molecule has 4 aliphatic heterocycles. The van der Waals surface area contributed by atoms with Crippen LogP contribution in [0.15, 0.2) is 63.7 Å². The number of esters is 3. The molecule has 2 saturated heterocycles. The highest BCUT2D eigenvalue weighted by Gasteiger charge is 2.57. The summed E-state index contributed by atoms with van der Waals surface area (Å²) in [4.78, 5) is 48.7. The van der Waals surface area contributed by atoms with Crippen LogP contribution in [0.2, 0.25) is 0 Å². The zero-order chi connectivity index (χ0) is 38.4. The lowest BCUT2D eigenvalue weighted by molar-refractivity contribution is -0.164. The molecule has 0 aromatic carbocycles. The molecular weight excluding hydrogens is 680 g/mol. The van der Waals surface area contributed by atoms with Crippen molar-refractivity contribution in [3.63, 3.8) is 0 Å². The van der Waals surface area contributed by atoms with Crippen molar-refractivity contribution in [2.75, 3.05) is 33.5 Å². The fourth-order valence-corrected chi connectivity index (χ4v) is 7.22. The molecule has 0 spiro atoms. The topological polar surface area (TPSA) is 155 Å². The van der Waals surface area contributed by atoms with Crippen LogP contribution in [0.4, 0.5) is 0 Å². The molecule has 290 valence electrons. The van der Waals surface area contributed by atoms with E-state index in [4.69, 9.17) is 33.4 Å². The van der Waals surface area contributed by atoms with Crippen LogP contribution >= 0.6 is 0 Å². The van der Waals surface area contributed by atoms with E-state index in [0.29, 0.717) is 49.1 Å². The van der Waals surface area contributed by atoms with Crippen LogP contribution in [0.3, 0.4) is 0 Å². The quantitative estimate of drug-likeness (QED) is 0.193. The van der Waals surface area contributed by atoms with Crippen molar-refractivity contribution >= 4 is 23.8 Å². The van der Waals surface area contributed by atoms with Crippen LogP contribution in [0.25, 0.3) is 0 Å². The Labute approximate surface area is 312 Å². The average molecular weight is 737 g/mol. The van der Waals surface area contributed by atoms with Gasteiger partial charge in [-0.05, 0) is 85.9 Å². The van der Waals surface area contributed by atoms with E-state index >= 15 is 0 Å². The molecule has 4 bridgehead atoms. The van der Waals surface area contributed by atoms with Crippen molar-refractivity contribution in [2.24, 2.45) is 28.2 Å². The molecular formula is C41H56N2O10. The zero-order valence-corrected chi connectivity index (χ0v) is 32.3. The molecule has 5 heterocycles. The normalized spacial score (nSPS) is 32.5. The summed E-state index contributed by atoms with van der Waals surface area (Å²) in [5.41, 5.74) is 3.92. The molecule has 2 fully saturated rings. The molecule has 5 rings (SSSR count). The van der Waals surface area contributed by atoms with Gasteiger partial charge < -0.3 is 38.5 Å². The molecule has 7 atom stereocenters. The number of fused-ring (bicyclic) bond motifs is 6. The van der Waals surface area contributed by atoms with Crippen molar-refractivity contribution < 1.29 is 47.9 Å². The molecule has 6 unspecified atom stereocenters. The van der Waals surface area contributed by atoms with Gasteiger partial charge in [-0.1, -0.05) is 45.9 Å². The first kappa shape index (κ1) is 40.2. The summed E-state index contributed by atoms with van der Waals surface area (Å²) >= 11 is 0. The molecule has 0 amide bonds. The van der Waals surface area contributed by atoms with Gasteiger partial charge in [-0.2, -0.15) is 0 Å². The number of hydrogen-bond acceptors (Lipinski definition) is 11. The minimum absolute atomic E-state index is 0.0686. The number of aromatic nitrogens is 1. The largest absolute Gasteiger partial charge is 0.467 e. The molecule has 12 heteroatoms. The van der Waals surface area contributed by atoms with E-state index in [-0.39, 0.29) is 25.0 Å². The van der Waals surface area contributed by atoms with E-state index < -0.39 is 60.2 Å². The van der Waals surface area contributed by atoms with Gasteiger partial charge in [0.15, 0.2) is 18.3 Å². The van der Waals surface area contributed by atoms with Crippen molar-refractivity contribution in [1.82, 2.24) is 4.98 Å². The summed E-state index contributed by atoms with van der Waals surface area (Å²) in [5, 5.41) is 10.3. The number of carbonyl (C=O) groups excluding carboxylic acids is 3. The number of aliphatic hydroxyl groups is 1. The first-order valence-electron chi connectivity index (χ1n) is 18.7. The summed E-state index contributed by atoms with van der Waals surface area (Å²) in [7, 11) is 1.66. The van der Waals surface area contributed by atoms with Crippen LogP contribution in [-0.4, -0.2) is 97.9 Å². The maximum Gasteiger partial charge on any atom is 0.318 e. The Bertz CT molecular complexity index is 1670. The Morgan fingerprint density at radius 2 is 1.87 bits per heavy atom. The summed E-state index contributed by atoms with van der Waals surface area (Å²) in [6.07, 6.45) is 6.64. The van der Waals surface area contributed by atoms with E-state index in [2.05, 4.69) is 31.8 Å². The van der Waals surface area contributed by atoms with Crippen LogP contribution in [0.5, 0.6) is 0 Å². The van der Waals surface area contributed by atoms with Crippen LogP contribution in [0, 0.1) is 23.2 Å². The van der Waals surface area contributed by atoms with Gasteiger partial charge in [0.2, 0.25) is 5.90 Å². The van der Waals surface area contributed by atoms with Gasteiger partial charge in [-0.3, -0.25) is 14.4 Å². The van der Waals surface area contributed by atoms with Crippen LogP contribution in [0.1, 0.15) is 79.1 Å². The second kappa shape index (κ2) is 17.4. The molecule has 12 nitrogen and oxygen atoms in total. The molecule has 4 aliphatic rings. The second-order valence-corrected chi connectivity index (χ2v) is 15.7. The van der Waals surface area contributed by atoms with Crippen LogP contribution < -0.4 is 0 Å². The fourth-order valence-electron chi connectivity index (χ4n) is 7.22. The summed E-state index contributed by atoms with van der Waals surface area (Å²) in [6.45, 7) is 13.9. The lowest BCUT2D eigenvalue weighted by atomic mass is 9.83. The SMILES string of the molecule is COC/C=C/C(C)=C1\COC(CC(C)C)\C1=C/C1N=C2OC1COC(=O)[C@H](CC(C)C)CC(=O)OC1C(OC(=O)C1(C)CO)/C(C)=C/Cc1ccc2[nH]1. The van der Waals surface area contributed by atoms with E-state index in [1.807, 2.05) is 44.2 Å². The first-order valence-corrected chi connectivity index (χ1v) is 18.7. The van der Waals surface area contributed by atoms with Gasteiger partial charge >= 0.3 is 17.9 Å². The number of cyclic esters (lactones) is 1. The van der Waals surface area contributed by atoms with Gasteiger partial charge in [-0.15, -0.1) is 0 Å². The number of methoxy groups -OCH3 is 1. The Kier molecular flexibility index (Phi) is 13.2. The highest BCUT2D eigenvalue weighted by atomic mass is 16.6. The molecule has 1 aromatic rings. The maximum absolute atomic E-state index is 13.8. The van der Waals surface area contributed by atoms with Gasteiger partial charge in [0.25, 0.3) is 0 Å². The Balaban J connectivity index is 1.53. The molecule has 0 radical (unpaired) electrons. The van der Waals surface area contributed by atoms with E-state index in [9.17, 15) is 19.5 Å². The van der Waals surface area contributed by atoms with E-state index in [1.54, 1.807) is 14.0 Å². The van der Waals surface area contributed by atoms with Crippen molar-refractivity contribution in [3.8, 4) is 0 Å². The highest BCUT2D eigenvalue weighted by molar-refractivity contribution is 5.94. The molecule has 53 heavy (non-hydrogen) atoms. The minimum Gasteiger partial charge on any atom is -0.467 e. The second-order valence-electron chi connectivity index (χ2n) is 15.7. The van der Waals surface area contributed by atoms with Gasteiger partial charge in [0.1, 0.15) is 23.8 Å². The number of aliphatic imine (C=N–C) groups is 1. The molecule has 0 aliphatic carbocycles. The first-order chi connectivity index (χ1) is 25.2. The number of aliphatic hydroxyl groups excluding tert-OH is 1. The number of rotatable bonds is 9. The number of allylic oxidation sites excluding steroid dienone is 3. The molecule has 0 saturated carbocycles. The molecule has 2 N–H and O–H groups in total. The summed E-state index contributed by atoms with van der Waals surface area (Å²) in [5.74, 6) is -1.85. The van der Waals surface area contributed by atoms with Crippen molar-refractivity contribution in [2.45, 2.75) is 105 Å². The Morgan fingerprint density at radius 1 is 1.11 bits per heavy atom. The maximum atomic E-state index is 13.8. The Hall–Kier alpha value is -4.00. The van der Waals surface area contributed by atoms with Gasteiger partial charge in [0.05, 0.1) is 38.3 Å². The predicted molar refractivity (Wildman–Crippen MR) is 198 cm³/mol. The Morgan fingerprint density at radius 3 is 2.57 bits per heavy atom. The number of ether oxygens (including phenoxy) is 6. The summed E-state index contributed by atoms with van der Waals surface area (Å²) < 4.78 is 35.6. The standard InChI is InChI=1S/C41H56N2O10/c1-23(2)16-27-18-35(45)52-37-36(53-40(47)41(37,7)22-44)26(6)11-12-28-13-14-31(42-28)38-43-32(34(51-38)21-50-39(27)46)19-29-30(25(5)10-9-15-48-8)20-49-33(29)17-24(3)4/h9-11,13-14,19,23-24,27,32-34,36-37,42,44H,12,15-18,20-22H2,1-8H3/b10-9+,26-11+,29-19-,30-25+/t27-,32?,33?,34?,36?,37?,41?/m1/s1. The smallest absolute Gasteiger partial charge is 0.318 e. The lowest BCUT2D eigenvalue weighted by Crippen LogP contribution is -2.43. The molecule has 1 aromatic heterocycles. The van der Waals surface area contributed by atoms with Crippen molar-refractivity contribution in [1.29, 1.82) is 0 Å². The third-order valence-electron chi connectivity index (χ3n) is 10.3. The summed E-state index contributed by atoms with van der Waals surface area (Å²) in [6, 6.07) is 3.32. The number of aromatic amines is 1. The third kappa shape index (κ3) is 9.39. The van der Waals surface area contributed by atoms with Gasteiger partial charge in [0, 0.05) is 19.2 Å². The number of nitrogens with one attached hydrogen (secondary N) is 1. The lowest BCUT2D eigenvalue weighted by Gasteiger charge is -2.28. The number of H-pyrrole nitrogens is 1. The third-order valence-corrected chi connectivity index (χ3v) is 10.3. The fraction of sp³-hybridized carbons (Fsp3) is 0.610. The predicted octanol–water partition coefficient (Wildman–Crippen LogP) is 5.35. The number of carbonyl (C=O) groups is 3. The zero-order valence-electron chi connectivity index (χ0n) is 32.3. The average Bonchev–Trinajstić information content (AvgIpc) is 3.89. The van der Waals surface area contributed by atoms with Gasteiger partial charge in [-0.25, -0.2) is 4.99 Å². The minimum atomic E-state index is -1.46. The van der Waals surface area contributed by atoms with E-state index in [0.717, 1.165) is 28.8 Å². The van der Waals surface area contributed by atoms with E-state index in [1.165, 1.54) is 6.92 Å². The number of nitrogens with zero attached hydrogens (tertiary/aromatic N) is 1.